The largest absolute Gasteiger partial charge is 0.398 e. The normalized spacial score (nSPS) is 11.0. The Balaban J connectivity index is 2.81. The molecule has 7 heteroatoms. The van der Waals surface area contributed by atoms with Crippen LogP contribution in [0, 0.1) is 5.82 Å². The van der Waals surface area contributed by atoms with Crippen LogP contribution in [0.4, 0.5) is 15.8 Å². The Hall–Kier alpha value is -2.31. The van der Waals surface area contributed by atoms with Crippen LogP contribution < -0.4 is 22.1 Å². The zero-order valence-corrected chi connectivity index (χ0v) is 11.7. The number of nitrogens with two attached hydrogens (primary N) is 2. The van der Waals surface area contributed by atoms with Gasteiger partial charge in [0.05, 0.1) is 17.8 Å². The number of rotatable bonds is 4. The summed E-state index contributed by atoms with van der Waals surface area (Å²) in [7, 11) is 0. The predicted molar refractivity (Wildman–Crippen MR) is 75.7 cm³/mol. The minimum absolute atomic E-state index is 0.00272. The lowest BCUT2D eigenvalue weighted by Gasteiger charge is -2.21. The van der Waals surface area contributed by atoms with E-state index in [1.807, 2.05) is 20.8 Å². The van der Waals surface area contributed by atoms with E-state index in [0.29, 0.717) is 0 Å². The van der Waals surface area contributed by atoms with E-state index in [1.54, 1.807) is 0 Å². The number of carbonyl (C=O) groups is 2. The molecule has 6 nitrogen and oxygen atoms in total. The van der Waals surface area contributed by atoms with Crippen LogP contribution >= 0.6 is 0 Å². The van der Waals surface area contributed by atoms with Crippen molar-refractivity contribution in [3.8, 4) is 0 Å². The lowest BCUT2D eigenvalue weighted by molar-refractivity contribution is -0.120. The maximum absolute atomic E-state index is 13.7. The van der Waals surface area contributed by atoms with Gasteiger partial charge in [0.15, 0.2) is 0 Å². The maximum atomic E-state index is 13.7. The summed E-state index contributed by atoms with van der Waals surface area (Å²) in [5.41, 5.74) is 10.2. The smallest absolute Gasteiger partial charge is 0.250 e. The van der Waals surface area contributed by atoms with E-state index in [0.717, 1.165) is 6.07 Å². The number of benzene rings is 1. The van der Waals surface area contributed by atoms with Crippen LogP contribution in [0.15, 0.2) is 12.1 Å². The van der Waals surface area contributed by atoms with E-state index >= 15 is 0 Å². The third-order valence-electron chi connectivity index (χ3n) is 2.36. The molecule has 0 saturated heterocycles. The molecule has 0 atom stereocenters. The summed E-state index contributed by atoms with van der Waals surface area (Å²) < 4.78 is 13.7. The molecule has 0 saturated carbocycles. The average Bonchev–Trinajstić information content (AvgIpc) is 2.24. The van der Waals surface area contributed by atoms with Gasteiger partial charge in [-0.3, -0.25) is 9.59 Å². The van der Waals surface area contributed by atoms with Crippen LogP contribution in [0.5, 0.6) is 0 Å². The van der Waals surface area contributed by atoms with Crippen LogP contribution in [-0.4, -0.2) is 23.9 Å². The molecule has 0 fully saturated rings. The van der Waals surface area contributed by atoms with Gasteiger partial charge in [0, 0.05) is 11.2 Å². The summed E-state index contributed by atoms with van der Waals surface area (Å²) in [5, 5.41) is 5.32. The minimum atomic E-state index is -0.760. The molecule has 0 aliphatic heterocycles. The van der Waals surface area contributed by atoms with E-state index in [1.165, 1.54) is 6.07 Å². The number of nitrogens with one attached hydrogen (secondary N) is 2. The summed E-state index contributed by atoms with van der Waals surface area (Å²) in [6.45, 7) is 5.37. The van der Waals surface area contributed by atoms with Crippen LogP contribution in [-0.2, 0) is 4.79 Å². The molecule has 0 aromatic heterocycles. The number of carbonyl (C=O) groups excluding carboxylic acids is 2. The first kappa shape index (κ1) is 15.7. The average molecular weight is 282 g/mol. The maximum Gasteiger partial charge on any atom is 0.250 e. The monoisotopic (exact) mass is 282 g/mol. The molecule has 0 spiro atoms. The number of anilines is 2. The van der Waals surface area contributed by atoms with Gasteiger partial charge in [0.25, 0.3) is 5.91 Å². The van der Waals surface area contributed by atoms with Crippen LogP contribution in [0.1, 0.15) is 31.1 Å². The van der Waals surface area contributed by atoms with E-state index in [4.69, 9.17) is 11.5 Å². The molecule has 0 heterocycles. The van der Waals surface area contributed by atoms with Crippen molar-refractivity contribution in [1.29, 1.82) is 0 Å². The Morgan fingerprint density at radius 3 is 2.40 bits per heavy atom. The molecule has 20 heavy (non-hydrogen) atoms. The van der Waals surface area contributed by atoms with Gasteiger partial charge in [0.2, 0.25) is 5.91 Å². The second-order valence-electron chi connectivity index (χ2n) is 5.44. The molecule has 0 unspecified atom stereocenters. The number of halogens is 1. The topological polar surface area (TPSA) is 110 Å². The summed E-state index contributed by atoms with van der Waals surface area (Å²) in [4.78, 5) is 22.7. The van der Waals surface area contributed by atoms with Crippen molar-refractivity contribution in [2.45, 2.75) is 26.3 Å². The van der Waals surface area contributed by atoms with Crippen molar-refractivity contribution < 1.29 is 14.0 Å². The number of hydrogen-bond donors (Lipinski definition) is 4. The molecule has 0 aliphatic rings. The minimum Gasteiger partial charge on any atom is -0.398 e. The lowest BCUT2D eigenvalue weighted by Crippen LogP contribution is -2.43. The highest BCUT2D eigenvalue weighted by molar-refractivity contribution is 5.99. The van der Waals surface area contributed by atoms with Crippen LogP contribution in [0.2, 0.25) is 0 Å². The Morgan fingerprint density at radius 2 is 1.90 bits per heavy atom. The van der Waals surface area contributed by atoms with E-state index in [9.17, 15) is 14.0 Å². The van der Waals surface area contributed by atoms with Crippen molar-refractivity contribution in [1.82, 2.24) is 5.32 Å². The van der Waals surface area contributed by atoms with Crippen molar-refractivity contribution in [3.63, 3.8) is 0 Å². The van der Waals surface area contributed by atoms with Gasteiger partial charge in [0.1, 0.15) is 5.82 Å². The molecule has 0 radical (unpaired) electrons. The third-order valence-corrected chi connectivity index (χ3v) is 2.36. The van der Waals surface area contributed by atoms with Crippen molar-refractivity contribution in [3.05, 3.63) is 23.5 Å². The molecular formula is C13H19FN4O2. The standard InChI is InChI=1S/C13H19FN4O2/c1-13(2,3)18-11(19)6-17-10-4-7(12(16)20)9(15)5-8(10)14/h4-5,17H,6,15H2,1-3H3,(H2,16,20)(H,18,19). The predicted octanol–water partition coefficient (Wildman–Crippen LogP) is 0.833. The third kappa shape index (κ3) is 4.42. The molecule has 1 aromatic rings. The Labute approximate surface area is 116 Å². The van der Waals surface area contributed by atoms with Gasteiger partial charge in [-0.05, 0) is 32.9 Å². The van der Waals surface area contributed by atoms with E-state index < -0.39 is 11.7 Å². The van der Waals surface area contributed by atoms with Gasteiger partial charge in [-0.25, -0.2) is 4.39 Å². The highest BCUT2D eigenvalue weighted by Crippen LogP contribution is 2.21. The number of hydrogen-bond acceptors (Lipinski definition) is 4. The second-order valence-corrected chi connectivity index (χ2v) is 5.44. The Kier molecular flexibility index (Phi) is 4.54. The van der Waals surface area contributed by atoms with Gasteiger partial charge < -0.3 is 22.1 Å². The fraction of sp³-hybridized carbons (Fsp3) is 0.385. The summed E-state index contributed by atoms with van der Waals surface area (Å²) in [6, 6.07) is 2.18. The molecule has 1 aromatic carbocycles. The molecule has 1 rings (SSSR count). The Morgan fingerprint density at radius 1 is 1.30 bits per heavy atom. The quantitative estimate of drug-likeness (QED) is 0.613. The number of nitrogen functional groups attached to an aromatic ring is 1. The SMILES string of the molecule is CC(C)(C)NC(=O)CNc1cc(C(N)=O)c(N)cc1F. The first-order valence-corrected chi connectivity index (χ1v) is 6.04. The number of amides is 2. The summed E-state index contributed by atoms with van der Waals surface area (Å²) in [6.07, 6.45) is 0. The fourth-order valence-electron chi connectivity index (χ4n) is 1.58. The molecule has 0 bridgehead atoms. The molecule has 0 aliphatic carbocycles. The van der Waals surface area contributed by atoms with Gasteiger partial charge in [-0.2, -0.15) is 0 Å². The molecule has 2 amide bonds. The fourth-order valence-corrected chi connectivity index (χ4v) is 1.58. The summed E-state index contributed by atoms with van der Waals surface area (Å²) >= 11 is 0. The highest BCUT2D eigenvalue weighted by Gasteiger charge is 2.15. The van der Waals surface area contributed by atoms with Crippen molar-refractivity contribution in [2.24, 2.45) is 5.73 Å². The number of primary amides is 1. The molecule has 110 valence electrons. The molecular weight excluding hydrogens is 263 g/mol. The van der Waals surface area contributed by atoms with E-state index in [-0.39, 0.29) is 34.9 Å². The van der Waals surface area contributed by atoms with Gasteiger partial charge >= 0.3 is 0 Å². The summed E-state index contributed by atoms with van der Waals surface area (Å²) in [5.74, 6) is -1.71. The second kappa shape index (κ2) is 5.77. The van der Waals surface area contributed by atoms with Gasteiger partial charge in [-0.1, -0.05) is 0 Å². The lowest BCUT2D eigenvalue weighted by atomic mass is 10.1. The van der Waals surface area contributed by atoms with Crippen molar-refractivity contribution >= 4 is 23.2 Å². The van der Waals surface area contributed by atoms with Crippen LogP contribution in [0.3, 0.4) is 0 Å². The van der Waals surface area contributed by atoms with E-state index in [2.05, 4.69) is 10.6 Å². The zero-order chi connectivity index (χ0) is 15.5. The first-order chi connectivity index (χ1) is 9.10. The Bertz CT molecular complexity index is 538. The highest BCUT2D eigenvalue weighted by atomic mass is 19.1. The molecule has 6 N–H and O–H groups in total. The first-order valence-electron chi connectivity index (χ1n) is 6.04. The van der Waals surface area contributed by atoms with Crippen molar-refractivity contribution in [2.75, 3.05) is 17.6 Å². The zero-order valence-electron chi connectivity index (χ0n) is 11.7. The van der Waals surface area contributed by atoms with Gasteiger partial charge in [-0.15, -0.1) is 0 Å². The van der Waals surface area contributed by atoms with Crippen LogP contribution in [0.25, 0.3) is 0 Å².